The van der Waals surface area contributed by atoms with E-state index in [4.69, 9.17) is 0 Å². The van der Waals surface area contributed by atoms with E-state index in [0.29, 0.717) is 38.2 Å². The average Bonchev–Trinajstić information content (AvgIpc) is 3.06. The molecule has 2 fully saturated rings. The smallest absolute Gasteiger partial charge is 0.270 e. The van der Waals surface area contributed by atoms with Crippen molar-refractivity contribution >= 4 is 22.7 Å². The summed E-state index contributed by atoms with van der Waals surface area (Å²) < 4.78 is 0. The molecule has 7 heteroatoms. The van der Waals surface area contributed by atoms with Crippen LogP contribution in [0.25, 0.3) is 10.9 Å². The number of hydrogen-bond acceptors (Lipinski definition) is 4. The van der Waals surface area contributed by atoms with Crippen LogP contribution in [0.15, 0.2) is 30.3 Å². The highest BCUT2D eigenvalue weighted by atomic mass is 16.3. The first-order valence-corrected chi connectivity index (χ1v) is 11.0. The Balaban J connectivity index is 1.33. The fraction of sp³-hybridized carbons (Fsp3) is 0.565. The van der Waals surface area contributed by atoms with Crippen LogP contribution < -0.4 is 5.32 Å². The number of β-amino-alcohol motifs (C(OH)–C–C–N with tert-alkyl or cyclic N) is 1. The van der Waals surface area contributed by atoms with E-state index in [1.165, 1.54) is 0 Å². The van der Waals surface area contributed by atoms with E-state index >= 15 is 0 Å². The van der Waals surface area contributed by atoms with Gasteiger partial charge in [-0.15, -0.1) is 0 Å². The maximum absolute atomic E-state index is 13.0. The number of carbonyl (C=O) groups excluding carboxylic acids is 2. The second-order valence-electron chi connectivity index (χ2n) is 8.89. The number of para-hydroxylation sites is 1. The quantitative estimate of drug-likeness (QED) is 0.718. The van der Waals surface area contributed by atoms with Crippen molar-refractivity contribution in [1.82, 2.24) is 20.1 Å². The molecule has 2 aromatic rings. The van der Waals surface area contributed by atoms with Gasteiger partial charge in [0.15, 0.2) is 0 Å². The lowest BCUT2D eigenvalue weighted by molar-refractivity contribution is -0.120. The predicted octanol–water partition coefficient (Wildman–Crippen LogP) is 2.13. The summed E-state index contributed by atoms with van der Waals surface area (Å²) in [5, 5.41) is 15.3. The number of benzene rings is 1. The van der Waals surface area contributed by atoms with Crippen molar-refractivity contribution < 1.29 is 14.7 Å². The summed E-state index contributed by atoms with van der Waals surface area (Å²) in [6.45, 7) is 5.18. The molecule has 7 nitrogen and oxygen atoms in total. The molecule has 2 saturated heterocycles. The Hall–Kier alpha value is -2.38. The summed E-state index contributed by atoms with van der Waals surface area (Å²) in [7, 11) is 0. The molecule has 4 rings (SSSR count). The zero-order valence-electron chi connectivity index (χ0n) is 17.7. The molecule has 30 heavy (non-hydrogen) atoms. The number of nitrogens with zero attached hydrogens (tertiary/aromatic N) is 2. The van der Waals surface area contributed by atoms with E-state index in [1.54, 1.807) is 6.92 Å². The third-order valence-corrected chi connectivity index (χ3v) is 6.48. The van der Waals surface area contributed by atoms with Gasteiger partial charge in [-0.1, -0.05) is 18.2 Å². The third-order valence-electron chi connectivity index (χ3n) is 6.48. The van der Waals surface area contributed by atoms with Crippen molar-refractivity contribution in [3.8, 4) is 0 Å². The average molecular weight is 413 g/mol. The minimum absolute atomic E-state index is 0.00608. The van der Waals surface area contributed by atoms with Crippen LogP contribution in [-0.4, -0.2) is 76.1 Å². The topological polar surface area (TPSA) is 88.7 Å². The zero-order valence-corrected chi connectivity index (χ0v) is 17.7. The van der Waals surface area contributed by atoms with Crippen molar-refractivity contribution in [3.05, 3.63) is 36.0 Å². The lowest BCUT2D eigenvalue weighted by atomic mass is 9.93. The Kier molecular flexibility index (Phi) is 6.11. The number of H-pyrrole nitrogens is 1. The summed E-state index contributed by atoms with van der Waals surface area (Å²) >= 11 is 0. The van der Waals surface area contributed by atoms with Gasteiger partial charge < -0.3 is 25.2 Å². The maximum atomic E-state index is 13.0. The Morgan fingerprint density at radius 1 is 1.17 bits per heavy atom. The van der Waals surface area contributed by atoms with Crippen LogP contribution in [0.3, 0.4) is 0 Å². The molecule has 1 aromatic carbocycles. The number of fused-ring (bicyclic) bond motifs is 1. The number of aromatic nitrogens is 1. The van der Waals surface area contributed by atoms with E-state index in [1.807, 2.05) is 35.2 Å². The standard InChI is InChI=1S/C23H32N4O3/c1-17(28)24-19-7-12-26(13-8-19)16-23(30)9-4-11-27(14-10-23)22(29)21-15-18-5-2-3-6-20(18)25-21/h2-3,5-6,15,19,25,30H,4,7-14,16H2,1H3,(H,24,28)/t23-/m0/s1. The van der Waals surface area contributed by atoms with E-state index in [9.17, 15) is 14.7 Å². The van der Waals surface area contributed by atoms with Crippen LogP contribution in [0, 0.1) is 0 Å². The SMILES string of the molecule is CC(=O)NC1CCN(C[C@]2(O)CCCN(C(=O)c3cc4ccccc4[nH]3)CC2)CC1. The first kappa shape index (κ1) is 20.9. The monoisotopic (exact) mass is 412 g/mol. The second kappa shape index (κ2) is 8.78. The minimum atomic E-state index is -0.768. The minimum Gasteiger partial charge on any atom is -0.388 e. The molecule has 162 valence electrons. The molecule has 3 N–H and O–H groups in total. The van der Waals surface area contributed by atoms with Crippen LogP contribution in [-0.2, 0) is 4.79 Å². The number of hydrogen-bond donors (Lipinski definition) is 3. The summed E-state index contributed by atoms with van der Waals surface area (Å²) in [5.74, 6) is 0.0298. The number of nitrogens with one attached hydrogen (secondary N) is 2. The predicted molar refractivity (Wildman–Crippen MR) is 116 cm³/mol. The molecule has 1 aromatic heterocycles. The van der Waals surface area contributed by atoms with Gasteiger partial charge in [0.05, 0.1) is 5.60 Å². The Morgan fingerprint density at radius 2 is 1.93 bits per heavy atom. The molecule has 3 heterocycles. The lowest BCUT2D eigenvalue weighted by Crippen LogP contribution is -2.50. The second-order valence-corrected chi connectivity index (χ2v) is 8.89. The van der Waals surface area contributed by atoms with Gasteiger partial charge in [-0.3, -0.25) is 9.59 Å². The van der Waals surface area contributed by atoms with Crippen molar-refractivity contribution in [3.63, 3.8) is 0 Å². The Bertz CT molecular complexity index is 870. The molecule has 0 aliphatic carbocycles. The maximum Gasteiger partial charge on any atom is 0.270 e. The fourth-order valence-electron chi connectivity index (χ4n) is 4.84. The van der Waals surface area contributed by atoms with Gasteiger partial charge in [0.1, 0.15) is 5.69 Å². The van der Waals surface area contributed by atoms with Crippen molar-refractivity contribution in [2.75, 3.05) is 32.7 Å². The van der Waals surface area contributed by atoms with Gasteiger partial charge in [-0.05, 0) is 44.2 Å². The Morgan fingerprint density at radius 3 is 2.67 bits per heavy atom. The number of aliphatic hydroxyl groups is 1. The normalized spacial score (nSPS) is 24.0. The van der Waals surface area contributed by atoms with Gasteiger partial charge in [0, 0.05) is 56.6 Å². The molecule has 0 saturated carbocycles. The largest absolute Gasteiger partial charge is 0.388 e. The highest BCUT2D eigenvalue weighted by Crippen LogP contribution is 2.26. The fourth-order valence-corrected chi connectivity index (χ4v) is 4.84. The number of rotatable bonds is 4. The van der Waals surface area contributed by atoms with Crippen LogP contribution in [0.2, 0.25) is 0 Å². The molecule has 2 aliphatic heterocycles. The number of likely N-dealkylation sites (tertiary alicyclic amines) is 2. The molecule has 0 radical (unpaired) electrons. The van der Waals surface area contributed by atoms with Crippen LogP contribution >= 0.6 is 0 Å². The Labute approximate surface area is 177 Å². The molecule has 2 amide bonds. The van der Waals surface area contributed by atoms with Crippen LogP contribution in [0.5, 0.6) is 0 Å². The highest BCUT2D eigenvalue weighted by Gasteiger charge is 2.34. The van der Waals surface area contributed by atoms with Gasteiger partial charge >= 0.3 is 0 Å². The van der Waals surface area contributed by atoms with Crippen LogP contribution in [0.4, 0.5) is 0 Å². The van der Waals surface area contributed by atoms with Crippen molar-refractivity contribution in [1.29, 1.82) is 0 Å². The molecule has 0 bridgehead atoms. The third kappa shape index (κ3) is 4.84. The molecular weight excluding hydrogens is 380 g/mol. The lowest BCUT2D eigenvalue weighted by Gasteiger charge is -2.38. The molecule has 1 atom stereocenters. The summed E-state index contributed by atoms with van der Waals surface area (Å²) in [6.07, 6.45) is 3.92. The van der Waals surface area contributed by atoms with E-state index in [2.05, 4.69) is 15.2 Å². The summed E-state index contributed by atoms with van der Waals surface area (Å²) in [4.78, 5) is 31.6. The van der Waals surface area contributed by atoms with Gasteiger partial charge in [0.25, 0.3) is 5.91 Å². The van der Waals surface area contributed by atoms with Crippen molar-refractivity contribution in [2.24, 2.45) is 0 Å². The number of carbonyl (C=O) groups is 2. The number of amides is 2. The van der Waals surface area contributed by atoms with E-state index in [0.717, 1.165) is 43.3 Å². The molecule has 0 unspecified atom stereocenters. The van der Waals surface area contributed by atoms with E-state index < -0.39 is 5.60 Å². The summed E-state index contributed by atoms with van der Waals surface area (Å²) in [5.41, 5.74) is 0.813. The molecule has 0 spiro atoms. The van der Waals surface area contributed by atoms with Gasteiger partial charge in [-0.2, -0.15) is 0 Å². The van der Waals surface area contributed by atoms with Crippen LogP contribution in [0.1, 0.15) is 49.5 Å². The highest BCUT2D eigenvalue weighted by molar-refractivity contribution is 5.98. The number of aromatic amines is 1. The zero-order chi connectivity index (χ0) is 21.1. The first-order chi connectivity index (χ1) is 14.4. The van der Waals surface area contributed by atoms with Gasteiger partial charge in [0.2, 0.25) is 5.91 Å². The van der Waals surface area contributed by atoms with E-state index in [-0.39, 0.29) is 17.9 Å². The first-order valence-electron chi connectivity index (χ1n) is 11.0. The molecule has 2 aliphatic rings. The summed E-state index contributed by atoms with van der Waals surface area (Å²) in [6, 6.07) is 10.1. The number of piperidine rings is 1. The van der Waals surface area contributed by atoms with Crippen molar-refractivity contribution in [2.45, 2.75) is 50.7 Å². The van der Waals surface area contributed by atoms with Gasteiger partial charge in [-0.25, -0.2) is 0 Å². The molecular formula is C23H32N4O3.